The molecule has 16 heavy (non-hydrogen) atoms. The van der Waals surface area contributed by atoms with Crippen molar-refractivity contribution in [2.45, 2.75) is 25.7 Å². The molecule has 0 aromatic carbocycles. The number of piperidine rings is 1. The van der Waals surface area contributed by atoms with Crippen LogP contribution in [0.2, 0.25) is 0 Å². The highest BCUT2D eigenvalue weighted by molar-refractivity contribution is 5.71. The maximum atomic E-state index is 4.57. The highest BCUT2D eigenvalue weighted by atomic mass is 15.0. The Kier molecular flexibility index (Phi) is 2.36. The molecule has 2 N–H and O–H groups in total. The van der Waals surface area contributed by atoms with Gasteiger partial charge in [-0.15, -0.1) is 0 Å². The number of rotatable bonds is 1. The fourth-order valence-corrected chi connectivity index (χ4v) is 2.30. The van der Waals surface area contributed by atoms with Gasteiger partial charge >= 0.3 is 0 Å². The summed E-state index contributed by atoms with van der Waals surface area (Å²) in [4.78, 5) is 12.3. The minimum Gasteiger partial charge on any atom is -0.340 e. The summed E-state index contributed by atoms with van der Waals surface area (Å²) in [5.74, 6) is 1.60. The zero-order valence-corrected chi connectivity index (χ0v) is 9.45. The Morgan fingerprint density at radius 3 is 3.19 bits per heavy atom. The van der Waals surface area contributed by atoms with E-state index in [9.17, 15) is 0 Å². The second kappa shape index (κ2) is 3.87. The van der Waals surface area contributed by atoms with E-state index in [2.05, 4.69) is 33.3 Å². The first-order valence-corrected chi connectivity index (χ1v) is 5.86. The van der Waals surface area contributed by atoms with Gasteiger partial charge in [0.1, 0.15) is 5.82 Å². The molecule has 1 atom stereocenters. The minimum atomic E-state index is 0.517. The molecule has 4 nitrogen and oxygen atoms in total. The van der Waals surface area contributed by atoms with E-state index in [1.54, 1.807) is 0 Å². The number of pyridine rings is 1. The second-order valence-corrected chi connectivity index (χ2v) is 4.55. The number of hydrogen-bond donors (Lipinski definition) is 2. The van der Waals surface area contributed by atoms with Crippen LogP contribution in [0.1, 0.15) is 30.1 Å². The van der Waals surface area contributed by atoms with Gasteiger partial charge in [-0.1, -0.05) is 0 Å². The summed E-state index contributed by atoms with van der Waals surface area (Å²) in [6.07, 6.45) is 4.31. The number of H-pyrrole nitrogens is 1. The molecule has 1 saturated heterocycles. The van der Waals surface area contributed by atoms with Crippen molar-refractivity contribution in [3.63, 3.8) is 0 Å². The summed E-state index contributed by atoms with van der Waals surface area (Å²) in [5.41, 5.74) is 3.07. The van der Waals surface area contributed by atoms with Gasteiger partial charge in [-0.25, -0.2) is 9.97 Å². The van der Waals surface area contributed by atoms with Crippen molar-refractivity contribution in [3.05, 3.63) is 23.7 Å². The summed E-state index contributed by atoms with van der Waals surface area (Å²) >= 11 is 0. The molecule has 2 aromatic rings. The van der Waals surface area contributed by atoms with Gasteiger partial charge in [0.25, 0.3) is 0 Å². The normalized spacial score (nSPS) is 21.4. The SMILES string of the molecule is Cc1cnc2nc(C3CCCNC3)[nH]c2c1. The standard InChI is InChI=1S/C12H16N4/c1-8-5-10-12(14-6-8)16-11(15-10)9-3-2-4-13-7-9/h5-6,9,13H,2-4,7H2,1H3,(H,14,15,16). The zero-order valence-electron chi connectivity index (χ0n) is 9.45. The molecule has 0 radical (unpaired) electrons. The van der Waals surface area contributed by atoms with E-state index in [0.717, 1.165) is 30.1 Å². The number of fused-ring (bicyclic) bond motifs is 1. The van der Waals surface area contributed by atoms with Crippen LogP contribution in [0.25, 0.3) is 11.2 Å². The first-order valence-electron chi connectivity index (χ1n) is 5.86. The van der Waals surface area contributed by atoms with Crippen LogP contribution >= 0.6 is 0 Å². The molecule has 1 fully saturated rings. The van der Waals surface area contributed by atoms with Crippen molar-refractivity contribution in [3.8, 4) is 0 Å². The van der Waals surface area contributed by atoms with Gasteiger partial charge in [-0.05, 0) is 37.9 Å². The average Bonchev–Trinajstić information content (AvgIpc) is 2.73. The van der Waals surface area contributed by atoms with Crippen molar-refractivity contribution in [2.24, 2.45) is 0 Å². The first-order chi connectivity index (χ1) is 7.83. The topological polar surface area (TPSA) is 53.6 Å². The third-order valence-electron chi connectivity index (χ3n) is 3.18. The molecule has 0 bridgehead atoms. The van der Waals surface area contributed by atoms with Crippen LogP contribution in [0.3, 0.4) is 0 Å². The van der Waals surface area contributed by atoms with E-state index in [-0.39, 0.29) is 0 Å². The van der Waals surface area contributed by atoms with E-state index in [0.29, 0.717) is 5.92 Å². The van der Waals surface area contributed by atoms with Crippen LogP contribution in [0, 0.1) is 6.92 Å². The first kappa shape index (κ1) is 9.78. The fraction of sp³-hybridized carbons (Fsp3) is 0.500. The number of aryl methyl sites for hydroxylation is 1. The third-order valence-corrected chi connectivity index (χ3v) is 3.18. The number of aromatic nitrogens is 3. The van der Waals surface area contributed by atoms with Gasteiger partial charge in [-0.3, -0.25) is 0 Å². The lowest BCUT2D eigenvalue weighted by Gasteiger charge is -2.20. The van der Waals surface area contributed by atoms with Gasteiger partial charge < -0.3 is 10.3 Å². The van der Waals surface area contributed by atoms with Crippen LogP contribution in [-0.2, 0) is 0 Å². The van der Waals surface area contributed by atoms with Crippen molar-refractivity contribution >= 4 is 11.2 Å². The lowest BCUT2D eigenvalue weighted by Crippen LogP contribution is -2.28. The van der Waals surface area contributed by atoms with Crippen molar-refractivity contribution in [1.82, 2.24) is 20.3 Å². The maximum absolute atomic E-state index is 4.57. The zero-order chi connectivity index (χ0) is 11.0. The Hall–Kier alpha value is -1.42. The van der Waals surface area contributed by atoms with Gasteiger partial charge in [0.15, 0.2) is 5.65 Å². The van der Waals surface area contributed by atoms with Crippen LogP contribution in [-0.4, -0.2) is 28.0 Å². The van der Waals surface area contributed by atoms with Crippen LogP contribution < -0.4 is 5.32 Å². The molecule has 0 amide bonds. The summed E-state index contributed by atoms with van der Waals surface area (Å²) < 4.78 is 0. The Morgan fingerprint density at radius 1 is 1.44 bits per heavy atom. The molecule has 0 aliphatic carbocycles. The predicted octanol–water partition coefficient (Wildman–Crippen LogP) is 1.73. The van der Waals surface area contributed by atoms with E-state index < -0.39 is 0 Å². The van der Waals surface area contributed by atoms with Gasteiger partial charge in [0.2, 0.25) is 0 Å². The van der Waals surface area contributed by atoms with Crippen LogP contribution in [0.15, 0.2) is 12.3 Å². The molecule has 4 heteroatoms. The number of nitrogens with one attached hydrogen (secondary N) is 2. The molecular formula is C12H16N4. The van der Waals surface area contributed by atoms with Gasteiger partial charge in [0, 0.05) is 18.7 Å². The van der Waals surface area contributed by atoms with Crippen molar-refractivity contribution < 1.29 is 0 Å². The molecule has 1 aliphatic rings. The Bertz CT molecular complexity index is 497. The quantitative estimate of drug-likeness (QED) is 0.763. The largest absolute Gasteiger partial charge is 0.340 e. The van der Waals surface area contributed by atoms with E-state index in [1.807, 2.05) is 6.20 Å². The van der Waals surface area contributed by atoms with Gasteiger partial charge in [0.05, 0.1) is 5.52 Å². The number of nitrogens with zero attached hydrogens (tertiary/aromatic N) is 2. The van der Waals surface area contributed by atoms with E-state index in [4.69, 9.17) is 0 Å². The molecular weight excluding hydrogens is 200 g/mol. The molecule has 3 heterocycles. The highest BCUT2D eigenvalue weighted by Crippen LogP contribution is 2.22. The summed E-state index contributed by atoms with van der Waals surface area (Å²) in [5, 5.41) is 3.41. The lowest BCUT2D eigenvalue weighted by atomic mass is 9.99. The molecule has 1 unspecified atom stereocenters. The molecule has 2 aromatic heterocycles. The molecule has 1 aliphatic heterocycles. The monoisotopic (exact) mass is 216 g/mol. The van der Waals surface area contributed by atoms with Crippen LogP contribution in [0.4, 0.5) is 0 Å². The molecule has 0 saturated carbocycles. The summed E-state index contributed by atoms with van der Waals surface area (Å²) in [6, 6.07) is 2.11. The average molecular weight is 216 g/mol. The number of aromatic amines is 1. The highest BCUT2D eigenvalue weighted by Gasteiger charge is 2.18. The lowest BCUT2D eigenvalue weighted by molar-refractivity contribution is 0.449. The Labute approximate surface area is 94.5 Å². The summed E-state index contributed by atoms with van der Waals surface area (Å²) in [7, 11) is 0. The Balaban J connectivity index is 1.97. The van der Waals surface area contributed by atoms with Crippen LogP contribution in [0.5, 0.6) is 0 Å². The van der Waals surface area contributed by atoms with E-state index >= 15 is 0 Å². The smallest absolute Gasteiger partial charge is 0.177 e. The van der Waals surface area contributed by atoms with Crippen molar-refractivity contribution in [2.75, 3.05) is 13.1 Å². The second-order valence-electron chi connectivity index (χ2n) is 4.55. The summed E-state index contributed by atoms with van der Waals surface area (Å²) in [6.45, 7) is 4.21. The fourth-order valence-electron chi connectivity index (χ4n) is 2.30. The number of imidazole rings is 1. The maximum Gasteiger partial charge on any atom is 0.177 e. The minimum absolute atomic E-state index is 0.517. The predicted molar refractivity (Wildman–Crippen MR) is 63.5 cm³/mol. The molecule has 0 spiro atoms. The van der Waals surface area contributed by atoms with E-state index in [1.165, 1.54) is 18.4 Å². The Morgan fingerprint density at radius 2 is 2.38 bits per heavy atom. The third kappa shape index (κ3) is 1.69. The molecule has 3 rings (SSSR count). The van der Waals surface area contributed by atoms with Crippen molar-refractivity contribution in [1.29, 1.82) is 0 Å². The van der Waals surface area contributed by atoms with Gasteiger partial charge in [-0.2, -0.15) is 0 Å². The molecule has 84 valence electrons. The number of hydrogen-bond acceptors (Lipinski definition) is 3.